The number of guanidine groups is 1. The summed E-state index contributed by atoms with van der Waals surface area (Å²) in [6, 6.07) is 0. The van der Waals surface area contributed by atoms with Crippen molar-refractivity contribution in [1.29, 1.82) is 0 Å². The van der Waals surface area contributed by atoms with Crippen molar-refractivity contribution < 1.29 is 0 Å². The lowest BCUT2D eigenvalue weighted by atomic mass is 10.2. The van der Waals surface area contributed by atoms with Gasteiger partial charge in [0, 0.05) is 23.6 Å². The van der Waals surface area contributed by atoms with Gasteiger partial charge in [-0.25, -0.2) is 0 Å². The van der Waals surface area contributed by atoms with Gasteiger partial charge in [-0.2, -0.15) is 23.5 Å². The third kappa shape index (κ3) is 11.5. The topological polar surface area (TPSA) is 36.4 Å². The van der Waals surface area contributed by atoms with Crippen molar-refractivity contribution in [3.8, 4) is 0 Å². The molecule has 0 saturated carbocycles. The standard InChI is InChI=1S/C11H25N3S2.HI/c1-6-12-10(13-7-8-15-4)14-9-11(2,3)16-5;/h6-9H2,1-5H3,(H2,12,13,14);1H. The van der Waals surface area contributed by atoms with E-state index in [2.05, 4.69) is 48.9 Å². The number of thioether (sulfide) groups is 2. The Kier molecular flexibility index (Phi) is 13.9. The quantitative estimate of drug-likeness (QED) is 0.303. The molecule has 0 aliphatic rings. The van der Waals surface area contributed by atoms with Crippen molar-refractivity contribution in [1.82, 2.24) is 10.6 Å². The van der Waals surface area contributed by atoms with Crippen LogP contribution < -0.4 is 10.6 Å². The molecule has 0 aromatic rings. The van der Waals surface area contributed by atoms with Crippen LogP contribution >= 0.6 is 47.5 Å². The van der Waals surface area contributed by atoms with E-state index in [0.29, 0.717) is 0 Å². The summed E-state index contributed by atoms with van der Waals surface area (Å²) >= 11 is 3.69. The molecule has 0 spiro atoms. The molecule has 17 heavy (non-hydrogen) atoms. The molecule has 0 atom stereocenters. The van der Waals surface area contributed by atoms with Crippen molar-refractivity contribution >= 4 is 53.5 Å². The van der Waals surface area contributed by atoms with Crippen LogP contribution in [0.3, 0.4) is 0 Å². The highest BCUT2D eigenvalue weighted by molar-refractivity contribution is 14.0. The number of rotatable bonds is 7. The molecule has 3 nitrogen and oxygen atoms in total. The maximum Gasteiger partial charge on any atom is 0.191 e. The molecular formula is C11H26IN3S2. The summed E-state index contributed by atoms with van der Waals surface area (Å²) in [6.07, 6.45) is 4.24. The molecule has 6 heteroatoms. The van der Waals surface area contributed by atoms with Crippen molar-refractivity contribution in [2.75, 3.05) is 37.9 Å². The lowest BCUT2D eigenvalue weighted by Gasteiger charge is -2.20. The molecule has 0 fully saturated rings. The van der Waals surface area contributed by atoms with E-state index in [1.165, 1.54) is 0 Å². The van der Waals surface area contributed by atoms with Crippen LogP contribution in [0.15, 0.2) is 4.99 Å². The monoisotopic (exact) mass is 391 g/mol. The summed E-state index contributed by atoms with van der Waals surface area (Å²) in [4.78, 5) is 4.59. The summed E-state index contributed by atoms with van der Waals surface area (Å²) < 4.78 is 0.210. The molecule has 0 radical (unpaired) electrons. The number of nitrogens with zero attached hydrogens (tertiary/aromatic N) is 1. The van der Waals surface area contributed by atoms with E-state index in [-0.39, 0.29) is 28.7 Å². The molecule has 0 saturated heterocycles. The van der Waals surface area contributed by atoms with Crippen molar-refractivity contribution in [3.05, 3.63) is 0 Å². The fourth-order valence-electron chi connectivity index (χ4n) is 0.947. The molecule has 2 N–H and O–H groups in total. The molecule has 0 heterocycles. The Balaban J connectivity index is 0. The van der Waals surface area contributed by atoms with Crippen molar-refractivity contribution in [2.45, 2.75) is 25.5 Å². The van der Waals surface area contributed by atoms with E-state index < -0.39 is 0 Å². The first-order valence-corrected chi connectivity index (χ1v) is 8.24. The Labute approximate surface area is 132 Å². The van der Waals surface area contributed by atoms with Gasteiger partial charge in [-0.05, 0) is 33.3 Å². The van der Waals surface area contributed by atoms with E-state index in [1.807, 2.05) is 23.5 Å². The molecule has 0 aromatic heterocycles. The van der Waals surface area contributed by atoms with Gasteiger partial charge in [0.15, 0.2) is 5.96 Å². The predicted octanol–water partition coefficient (Wildman–Crippen LogP) is 2.66. The predicted molar refractivity (Wildman–Crippen MR) is 95.4 cm³/mol. The molecule has 0 unspecified atom stereocenters. The Morgan fingerprint density at radius 3 is 2.35 bits per heavy atom. The largest absolute Gasteiger partial charge is 0.357 e. The Morgan fingerprint density at radius 1 is 1.24 bits per heavy atom. The molecule has 0 rings (SSSR count). The smallest absolute Gasteiger partial charge is 0.191 e. The highest BCUT2D eigenvalue weighted by atomic mass is 127. The van der Waals surface area contributed by atoms with Gasteiger partial charge in [0.1, 0.15) is 0 Å². The second kappa shape index (κ2) is 11.8. The van der Waals surface area contributed by atoms with Crippen LogP contribution in [-0.4, -0.2) is 48.6 Å². The molecule has 0 amide bonds. The maximum absolute atomic E-state index is 4.59. The Hall–Kier alpha value is 0.700. The SMILES string of the molecule is CCNC(=NCC(C)(C)SC)NCCSC.I. The molecule has 0 aliphatic carbocycles. The molecule has 104 valence electrons. The third-order valence-electron chi connectivity index (χ3n) is 2.11. The van der Waals surface area contributed by atoms with Crippen LogP contribution in [0.25, 0.3) is 0 Å². The number of hydrogen-bond donors (Lipinski definition) is 2. The van der Waals surface area contributed by atoms with Gasteiger partial charge in [-0.1, -0.05) is 0 Å². The zero-order valence-corrected chi connectivity index (χ0v) is 15.5. The lowest BCUT2D eigenvalue weighted by molar-refractivity contribution is 0.714. The fraction of sp³-hybridized carbons (Fsp3) is 0.909. The first-order chi connectivity index (χ1) is 7.55. The highest BCUT2D eigenvalue weighted by Gasteiger charge is 2.15. The highest BCUT2D eigenvalue weighted by Crippen LogP contribution is 2.20. The lowest BCUT2D eigenvalue weighted by Crippen LogP contribution is -2.39. The summed E-state index contributed by atoms with van der Waals surface area (Å²) in [5, 5.41) is 6.59. The van der Waals surface area contributed by atoms with E-state index in [9.17, 15) is 0 Å². The summed E-state index contributed by atoms with van der Waals surface area (Å²) in [5.41, 5.74) is 0. The number of halogens is 1. The number of aliphatic imine (C=N–C) groups is 1. The second-order valence-corrected chi connectivity index (χ2v) is 6.58. The van der Waals surface area contributed by atoms with Gasteiger partial charge in [-0.3, -0.25) is 4.99 Å². The Morgan fingerprint density at radius 2 is 1.88 bits per heavy atom. The van der Waals surface area contributed by atoms with Gasteiger partial charge in [0.05, 0.1) is 6.54 Å². The van der Waals surface area contributed by atoms with E-state index in [1.54, 1.807) is 0 Å². The minimum atomic E-state index is 0. The van der Waals surface area contributed by atoms with Gasteiger partial charge in [0.25, 0.3) is 0 Å². The van der Waals surface area contributed by atoms with Gasteiger partial charge < -0.3 is 10.6 Å². The van der Waals surface area contributed by atoms with Crippen LogP contribution in [0.4, 0.5) is 0 Å². The number of hydrogen-bond acceptors (Lipinski definition) is 3. The fourth-order valence-corrected chi connectivity index (χ4v) is 1.45. The second-order valence-electron chi connectivity index (χ2n) is 4.08. The van der Waals surface area contributed by atoms with Gasteiger partial charge >= 0.3 is 0 Å². The van der Waals surface area contributed by atoms with Crippen LogP contribution in [0, 0.1) is 0 Å². The Bertz CT molecular complexity index is 211. The van der Waals surface area contributed by atoms with Crippen LogP contribution in [0.1, 0.15) is 20.8 Å². The maximum atomic E-state index is 4.59. The average Bonchev–Trinajstić information content (AvgIpc) is 2.26. The van der Waals surface area contributed by atoms with Crippen molar-refractivity contribution in [2.24, 2.45) is 4.99 Å². The average molecular weight is 391 g/mol. The summed E-state index contributed by atoms with van der Waals surface area (Å²) in [5.74, 6) is 2.04. The molecule has 0 bridgehead atoms. The number of nitrogens with one attached hydrogen (secondary N) is 2. The van der Waals surface area contributed by atoms with E-state index in [4.69, 9.17) is 0 Å². The molecule has 0 aliphatic heterocycles. The molecular weight excluding hydrogens is 365 g/mol. The van der Waals surface area contributed by atoms with Gasteiger partial charge in [-0.15, -0.1) is 24.0 Å². The first-order valence-electron chi connectivity index (χ1n) is 5.62. The third-order valence-corrected chi connectivity index (χ3v) is 3.96. The van der Waals surface area contributed by atoms with Gasteiger partial charge in [0.2, 0.25) is 0 Å². The normalized spacial score (nSPS) is 11.9. The van der Waals surface area contributed by atoms with Crippen molar-refractivity contribution in [3.63, 3.8) is 0 Å². The van der Waals surface area contributed by atoms with E-state index in [0.717, 1.165) is 31.3 Å². The van der Waals surface area contributed by atoms with Crippen LogP contribution in [-0.2, 0) is 0 Å². The van der Waals surface area contributed by atoms with Crippen LogP contribution in [0.5, 0.6) is 0 Å². The zero-order valence-electron chi connectivity index (χ0n) is 11.5. The minimum absolute atomic E-state index is 0. The summed E-state index contributed by atoms with van der Waals surface area (Å²) in [6.45, 7) is 9.23. The van der Waals surface area contributed by atoms with E-state index >= 15 is 0 Å². The first kappa shape index (κ1) is 20.0. The minimum Gasteiger partial charge on any atom is -0.357 e. The van der Waals surface area contributed by atoms with Crippen LogP contribution in [0.2, 0.25) is 0 Å². The molecule has 0 aromatic carbocycles. The summed E-state index contributed by atoms with van der Waals surface area (Å²) in [7, 11) is 0. The zero-order chi connectivity index (χ0) is 12.4.